The third kappa shape index (κ3) is 2.78. The van der Waals surface area contributed by atoms with Gasteiger partial charge in [0.1, 0.15) is 0 Å². The maximum atomic E-state index is 11.6. The zero-order valence-electron chi connectivity index (χ0n) is 10.8. The largest absolute Gasteiger partial charge is 0.369 e. The van der Waals surface area contributed by atoms with Crippen LogP contribution in [0.25, 0.3) is 10.9 Å². The third-order valence-corrected chi connectivity index (χ3v) is 4.29. The molecule has 1 atom stereocenters. The second-order valence-electron chi connectivity index (χ2n) is 4.80. The molecule has 0 aliphatic heterocycles. The van der Waals surface area contributed by atoms with Gasteiger partial charge in [0.25, 0.3) is 0 Å². The fourth-order valence-corrected chi connectivity index (χ4v) is 2.63. The molecule has 1 unspecified atom stereocenters. The first-order valence-corrected chi connectivity index (χ1v) is 7.77. The molecule has 19 heavy (non-hydrogen) atoms. The average Bonchev–Trinajstić information content (AvgIpc) is 2.70. The van der Waals surface area contributed by atoms with Crippen molar-refractivity contribution in [2.75, 3.05) is 6.26 Å². The van der Waals surface area contributed by atoms with Crippen molar-refractivity contribution in [3.8, 4) is 0 Å². The van der Waals surface area contributed by atoms with Crippen LogP contribution in [0.4, 0.5) is 0 Å². The highest BCUT2D eigenvalue weighted by atomic mass is 32.2. The van der Waals surface area contributed by atoms with Crippen molar-refractivity contribution in [3.63, 3.8) is 0 Å². The Morgan fingerprint density at radius 2 is 2.11 bits per heavy atom. The zero-order valence-corrected chi connectivity index (χ0v) is 11.6. The monoisotopic (exact) mass is 280 g/mol. The van der Waals surface area contributed by atoms with Gasteiger partial charge in [0.05, 0.1) is 4.90 Å². The number of rotatable bonds is 4. The van der Waals surface area contributed by atoms with Crippen molar-refractivity contribution < 1.29 is 13.2 Å². The Hall–Kier alpha value is -1.82. The van der Waals surface area contributed by atoms with Crippen LogP contribution >= 0.6 is 0 Å². The molecule has 2 rings (SSSR count). The summed E-state index contributed by atoms with van der Waals surface area (Å²) in [5.74, 6) is -0.658. The highest BCUT2D eigenvalue weighted by molar-refractivity contribution is 7.90. The fraction of sp³-hybridized carbons (Fsp3) is 0.308. The number of aromatic nitrogens is 1. The van der Waals surface area contributed by atoms with Crippen LogP contribution in [-0.4, -0.2) is 25.6 Å². The smallest absolute Gasteiger partial charge is 0.220 e. The van der Waals surface area contributed by atoms with E-state index in [0.29, 0.717) is 6.42 Å². The molecule has 1 aromatic carbocycles. The summed E-state index contributed by atoms with van der Waals surface area (Å²) in [6, 6.07) is 4.92. The van der Waals surface area contributed by atoms with E-state index < -0.39 is 9.84 Å². The summed E-state index contributed by atoms with van der Waals surface area (Å²) in [7, 11) is -3.24. The lowest BCUT2D eigenvalue weighted by molar-refractivity contribution is -0.121. The first kappa shape index (κ1) is 13.6. The molecular weight excluding hydrogens is 264 g/mol. The molecule has 0 saturated heterocycles. The Labute approximate surface area is 111 Å². The van der Waals surface area contributed by atoms with Crippen molar-refractivity contribution in [1.29, 1.82) is 0 Å². The standard InChI is InChI=1S/C13H16N2O3S/c1-8(13(14)16)5-9-7-15-12-4-3-10(6-11(9)12)19(2,17)18/h3-4,6-8,15H,5H2,1-2H3,(H2,14,16). The summed E-state index contributed by atoms with van der Waals surface area (Å²) in [5.41, 5.74) is 6.99. The molecule has 0 aliphatic rings. The van der Waals surface area contributed by atoms with E-state index in [1.165, 1.54) is 6.26 Å². The number of amides is 1. The molecule has 2 aromatic rings. The molecule has 0 radical (unpaired) electrons. The van der Waals surface area contributed by atoms with E-state index in [0.717, 1.165) is 16.5 Å². The van der Waals surface area contributed by atoms with Gasteiger partial charge in [-0.3, -0.25) is 4.79 Å². The molecule has 1 aromatic heterocycles. The van der Waals surface area contributed by atoms with Gasteiger partial charge in [0.2, 0.25) is 5.91 Å². The van der Waals surface area contributed by atoms with Crippen molar-refractivity contribution in [2.24, 2.45) is 11.7 Å². The van der Waals surface area contributed by atoms with Crippen molar-refractivity contribution in [2.45, 2.75) is 18.2 Å². The second-order valence-corrected chi connectivity index (χ2v) is 6.82. The number of sulfone groups is 1. The van der Waals surface area contributed by atoms with E-state index in [9.17, 15) is 13.2 Å². The van der Waals surface area contributed by atoms with Gasteiger partial charge in [-0.15, -0.1) is 0 Å². The van der Waals surface area contributed by atoms with Crippen molar-refractivity contribution >= 4 is 26.6 Å². The summed E-state index contributed by atoms with van der Waals surface area (Å²) < 4.78 is 23.1. The number of H-pyrrole nitrogens is 1. The summed E-state index contributed by atoms with van der Waals surface area (Å²) >= 11 is 0. The number of nitrogens with two attached hydrogens (primary N) is 1. The van der Waals surface area contributed by atoms with Crippen LogP contribution < -0.4 is 5.73 Å². The van der Waals surface area contributed by atoms with Gasteiger partial charge < -0.3 is 10.7 Å². The number of hydrogen-bond acceptors (Lipinski definition) is 3. The maximum Gasteiger partial charge on any atom is 0.220 e. The van der Waals surface area contributed by atoms with Crippen LogP contribution in [0.1, 0.15) is 12.5 Å². The average molecular weight is 280 g/mol. The number of carbonyl (C=O) groups is 1. The number of benzene rings is 1. The highest BCUT2D eigenvalue weighted by Gasteiger charge is 2.15. The number of hydrogen-bond donors (Lipinski definition) is 2. The van der Waals surface area contributed by atoms with Crippen LogP contribution in [0, 0.1) is 5.92 Å². The molecule has 0 fully saturated rings. The molecule has 3 N–H and O–H groups in total. The summed E-state index contributed by atoms with van der Waals surface area (Å²) in [5, 5.41) is 0.816. The van der Waals surface area contributed by atoms with E-state index >= 15 is 0 Å². The van der Waals surface area contributed by atoms with Gasteiger partial charge in [-0.2, -0.15) is 0 Å². The van der Waals surface area contributed by atoms with E-state index in [-0.39, 0.29) is 16.7 Å². The Morgan fingerprint density at radius 1 is 1.42 bits per heavy atom. The predicted octanol–water partition coefficient (Wildman–Crippen LogP) is 1.24. The van der Waals surface area contributed by atoms with E-state index in [4.69, 9.17) is 5.73 Å². The van der Waals surface area contributed by atoms with Crippen LogP contribution in [-0.2, 0) is 21.1 Å². The highest BCUT2D eigenvalue weighted by Crippen LogP contribution is 2.24. The third-order valence-electron chi connectivity index (χ3n) is 3.18. The lowest BCUT2D eigenvalue weighted by atomic mass is 10.0. The second kappa shape index (κ2) is 4.70. The zero-order chi connectivity index (χ0) is 14.2. The first-order valence-electron chi connectivity index (χ1n) is 5.88. The number of aromatic amines is 1. The minimum atomic E-state index is -3.24. The fourth-order valence-electron chi connectivity index (χ4n) is 1.99. The van der Waals surface area contributed by atoms with E-state index in [1.807, 2.05) is 0 Å². The minimum Gasteiger partial charge on any atom is -0.369 e. The Bertz CT molecular complexity index is 731. The lowest BCUT2D eigenvalue weighted by Gasteiger charge is -2.06. The lowest BCUT2D eigenvalue weighted by Crippen LogP contribution is -2.22. The molecular formula is C13H16N2O3S. The van der Waals surface area contributed by atoms with Gasteiger partial charge in [-0.1, -0.05) is 6.92 Å². The summed E-state index contributed by atoms with van der Waals surface area (Å²) in [6.07, 6.45) is 3.45. The SMILES string of the molecule is CC(Cc1c[nH]c2ccc(S(C)(=O)=O)cc12)C(N)=O. The number of nitrogens with one attached hydrogen (secondary N) is 1. The molecule has 1 heterocycles. The van der Waals surface area contributed by atoms with Crippen LogP contribution in [0.15, 0.2) is 29.3 Å². The van der Waals surface area contributed by atoms with Gasteiger partial charge in [-0.05, 0) is 30.2 Å². The Balaban J connectivity index is 2.49. The Morgan fingerprint density at radius 3 is 2.68 bits per heavy atom. The Kier molecular flexibility index (Phi) is 3.36. The van der Waals surface area contributed by atoms with Gasteiger partial charge in [-0.25, -0.2) is 8.42 Å². The molecule has 0 spiro atoms. The predicted molar refractivity (Wildman–Crippen MR) is 73.5 cm³/mol. The van der Waals surface area contributed by atoms with Crippen LogP contribution in [0.3, 0.4) is 0 Å². The molecule has 102 valence electrons. The number of fused-ring (bicyclic) bond motifs is 1. The molecule has 0 bridgehead atoms. The van der Waals surface area contributed by atoms with Crippen molar-refractivity contribution in [1.82, 2.24) is 4.98 Å². The van der Waals surface area contributed by atoms with Crippen molar-refractivity contribution in [3.05, 3.63) is 30.0 Å². The van der Waals surface area contributed by atoms with Crippen LogP contribution in [0.2, 0.25) is 0 Å². The van der Waals surface area contributed by atoms with Gasteiger partial charge in [0.15, 0.2) is 9.84 Å². The minimum absolute atomic E-state index is 0.271. The first-order chi connectivity index (χ1) is 8.79. The normalized spacial score (nSPS) is 13.6. The number of carbonyl (C=O) groups excluding carboxylic acids is 1. The number of primary amides is 1. The maximum absolute atomic E-state index is 11.6. The topological polar surface area (TPSA) is 93.0 Å². The van der Waals surface area contributed by atoms with E-state index in [1.54, 1.807) is 31.3 Å². The summed E-state index contributed by atoms with van der Waals surface area (Å²) in [4.78, 5) is 14.4. The van der Waals surface area contributed by atoms with Gasteiger partial charge >= 0.3 is 0 Å². The van der Waals surface area contributed by atoms with E-state index in [2.05, 4.69) is 4.98 Å². The van der Waals surface area contributed by atoms with Gasteiger partial charge in [0, 0.05) is 29.3 Å². The van der Waals surface area contributed by atoms with Crippen LogP contribution in [0.5, 0.6) is 0 Å². The summed E-state index contributed by atoms with van der Waals surface area (Å²) in [6.45, 7) is 1.75. The molecule has 0 aliphatic carbocycles. The molecule has 1 amide bonds. The molecule has 5 nitrogen and oxygen atoms in total. The molecule has 6 heteroatoms. The quantitative estimate of drug-likeness (QED) is 0.882. The molecule has 0 saturated carbocycles.